The molecule has 6 rings (SSSR count). The summed E-state index contributed by atoms with van der Waals surface area (Å²) in [6, 6.07) is 14.6. The molecule has 0 bridgehead atoms. The Labute approximate surface area is 171 Å². The maximum absolute atomic E-state index is 13.0. The van der Waals surface area contributed by atoms with Crippen molar-refractivity contribution in [3.05, 3.63) is 77.1 Å². The number of hydrogen-bond acceptors (Lipinski definition) is 3. The summed E-state index contributed by atoms with van der Waals surface area (Å²) >= 11 is 1.63. The van der Waals surface area contributed by atoms with Crippen molar-refractivity contribution in [1.82, 2.24) is 19.9 Å². The molecule has 1 aliphatic rings. The first-order valence-electron chi connectivity index (χ1n) is 9.65. The summed E-state index contributed by atoms with van der Waals surface area (Å²) in [4.78, 5) is 27.0. The number of aromatic amines is 2. The van der Waals surface area contributed by atoms with E-state index in [1.54, 1.807) is 11.3 Å². The number of carbonyl (C=O) groups is 1. The van der Waals surface area contributed by atoms with Crippen LogP contribution in [-0.4, -0.2) is 32.3 Å². The molecule has 0 saturated carbocycles. The van der Waals surface area contributed by atoms with Gasteiger partial charge in [-0.05, 0) is 53.3 Å². The minimum atomic E-state index is 0.0719. The van der Waals surface area contributed by atoms with Crippen LogP contribution in [0.5, 0.6) is 0 Å². The van der Waals surface area contributed by atoms with Crippen molar-refractivity contribution in [3.8, 4) is 11.3 Å². The summed E-state index contributed by atoms with van der Waals surface area (Å²) in [6.07, 6.45) is 4.67. The first kappa shape index (κ1) is 16.6. The number of amides is 1. The van der Waals surface area contributed by atoms with Crippen LogP contribution in [0.1, 0.15) is 21.6 Å². The second-order valence-electron chi connectivity index (χ2n) is 7.48. The van der Waals surface area contributed by atoms with Crippen LogP contribution in [0.4, 0.5) is 0 Å². The molecule has 0 spiro atoms. The van der Waals surface area contributed by atoms with E-state index in [1.807, 2.05) is 34.8 Å². The minimum Gasteiger partial charge on any atom is -0.360 e. The molecule has 0 fully saturated rings. The lowest BCUT2D eigenvalue weighted by molar-refractivity contribution is 0.0730. The van der Waals surface area contributed by atoms with Gasteiger partial charge in [0.1, 0.15) is 10.5 Å². The van der Waals surface area contributed by atoms with Gasteiger partial charge in [-0.1, -0.05) is 12.1 Å². The minimum absolute atomic E-state index is 0.0719. The Morgan fingerprint density at radius 1 is 1.07 bits per heavy atom. The molecular formula is C23H18N4OS. The number of H-pyrrole nitrogens is 2. The molecule has 0 atom stereocenters. The van der Waals surface area contributed by atoms with Crippen molar-refractivity contribution < 1.29 is 4.79 Å². The smallest absolute Gasteiger partial charge is 0.270 e. The topological polar surface area (TPSA) is 64.8 Å². The number of rotatable bonds is 2. The molecule has 5 heterocycles. The highest BCUT2D eigenvalue weighted by Gasteiger charge is 2.23. The van der Waals surface area contributed by atoms with E-state index in [1.165, 1.54) is 11.1 Å². The number of pyridine rings is 1. The van der Waals surface area contributed by atoms with Crippen LogP contribution in [-0.2, 0) is 13.0 Å². The molecule has 4 aromatic heterocycles. The van der Waals surface area contributed by atoms with Crippen LogP contribution in [0.2, 0.25) is 0 Å². The molecule has 1 amide bonds. The largest absolute Gasteiger partial charge is 0.360 e. The van der Waals surface area contributed by atoms with Gasteiger partial charge in [-0.2, -0.15) is 0 Å². The third-order valence-electron chi connectivity index (χ3n) is 5.71. The molecule has 5 nitrogen and oxygen atoms in total. The maximum atomic E-state index is 13.0. The van der Waals surface area contributed by atoms with Gasteiger partial charge in [0.2, 0.25) is 0 Å². The molecule has 1 aliphatic heterocycles. The summed E-state index contributed by atoms with van der Waals surface area (Å²) < 4.78 is 0. The highest BCUT2D eigenvalue weighted by atomic mass is 32.1. The van der Waals surface area contributed by atoms with Crippen LogP contribution >= 0.6 is 11.3 Å². The van der Waals surface area contributed by atoms with E-state index in [0.29, 0.717) is 12.2 Å². The van der Waals surface area contributed by atoms with Crippen LogP contribution in [0.15, 0.2) is 60.2 Å². The molecular weight excluding hydrogens is 380 g/mol. The van der Waals surface area contributed by atoms with Crippen LogP contribution < -0.4 is 0 Å². The van der Waals surface area contributed by atoms with Crippen LogP contribution in [0.25, 0.3) is 32.4 Å². The third-order valence-corrected chi connectivity index (χ3v) is 6.56. The van der Waals surface area contributed by atoms with Gasteiger partial charge in [0.25, 0.3) is 5.91 Å². The molecule has 2 N–H and O–H groups in total. The fourth-order valence-electron chi connectivity index (χ4n) is 4.13. The zero-order valence-corrected chi connectivity index (χ0v) is 16.4. The number of thiophene rings is 1. The van der Waals surface area contributed by atoms with Gasteiger partial charge in [0, 0.05) is 35.6 Å². The molecule has 0 unspecified atom stereocenters. The molecule has 29 heavy (non-hydrogen) atoms. The lowest BCUT2D eigenvalue weighted by Crippen LogP contribution is -2.36. The van der Waals surface area contributed by atoms with Crippen LogP contribution in [0.3, 0.4) is 0 Å². The van der Waals surface area contributed by atoms with E-state index in [2.05, 4.69) is 45.3 Å². The quantitative estimate of drug-likeness (QED) is 0.441. The Bertz CT molecular complexity index is 1350. The Balaban J connectivity index is 1.27. The zero-order chi connectivity index (χ0) is 19.4. The second-order valence-corrected chi connectivity index (χ2v) is 8.40. The fraction of sp³-hybridized carbons (Fsp3) is 0.130. The van der Waals surface area contributed by atoms with E-state index in [9.17, 15) is 4.79 Å². The van der Waals surface area contributed by atoms with Crippen LogP contribution in [0, 0.1) is 0 Å². The summed E-state index contributed by atoms with van der Waals surface area (Å²) in [6.45, 7) is 1.37. The average molecular weight is 398 g/mol. The zero-order valence-electron chi connectivity index (χ0n) is 15.6. The normalized spacial score (nSPS) is 13.9. The van der Waals surface area contributed by atoms with Gasteiger partial charge in [-0.25, -0.2) is 0 Å². The molecule has 6 heteroatoms. The first-order valence-corrected chi connectivity index (χ1v) is 10.5. The first-order chi connectivity index (χ1) is 14.2. The van der Waals surface area contributed by atoms with Crippen molar-refractivity contribution >= 4 is 38.4 Å². The Kier molecular flexibility index (Phi) is 3.61. The molecule has 142 valence electrons. The summed E-state index contributed by atoms with van der Waals surface area (Å²) in [5, 5.41) is 4.30. The lowest BCUT2D eigenvalue weighted by atomic mass is 9.95. The predicted molar refractivity (Wildman–Crippen MR) is 116 cm³/mol. The fourth-order valence-corrected chi connectivity index (χ4v) is 4.91. The Hall–Kier alpha value is -3.38. The monoisotopic (exact) mass is 398 g/mol. The van der Waals surface area contributed by atoms with Gasteiger partial charge >= 0.3 is 0 Å². The summed E-state index contributed by atoms with van der Waals surface area (Å²) in [5.41, 5.74) is 6.33. The SMILES string of the molecule is O=C(c1cc2ccsc2[nH]1)N1CCc2cc(-c3cc4cc[nH]c4cn3)ccc2C1. The highest BCUT2D eigenvalue weighted by molar-refractivity contribution is 7.16. The predicted octanol–water partition coefficient (Wildman–Crippen LogP) is 4.97. The summed E-state index contributed by atoms with van der Waals surface area (Å²) in [5.74, 6) is 0.0719. The van der Waals surface area contributed by atoms with Crippen molar-refractivity contribution in [2.45, 2.75) is 13.0 Å². The van der Waals surface area contributed by atoms with Gasteiger partial charge in [-0.15, -0.1) is 11.3 Å². The number of nitrogens with one attached hydrogen (secondary N) is 2. The number of benzene rings is 1. The molecule has 5 aromatic rings. The number of fused-ring (bicyclic) bond motifs is 3. The lowest BCUT2D eigenvalue weighted by Gasteiger charge is -2.29. The number of hydrogen-bond donors (Lipinski definition) is 2. The van der Waals surface area contributed by atoms with E-state index in [4.69, 9.17) is 0 Å². The van der Waals surface area contributed by atoms with Crippen molar-refractivity contribution in [1.29, 1.82) is 0 Å². The highest BCUT2D eigenvalue weighted by Crippen LogP contribution is 2.28. The number of aromatic nitrogens is 3. The van der Waals surface area contributed by atoms with E-state index >= 15 is 0 Å². The van der Waals surface area contributed by atoms with Crippen molar-refractivity contribution in [3.63, 3.8) is 0 Å². The Morgan fingerprint density at radius 3 is 2.97 bits per heavy atom. The number of carbonyl (C=O) groups excluding carboxylic acids is 1. The summed E-state index contributed by atoms with van der Waals surface area (Å²) in [7, 11) is 0. The Morgan fingerprint density at radius 2 is 2.03 bits per heavy atom. The molecule has 1 aromatic carbocycles. The van der Waals surface area contributed by atoms with Crippen molar-refractivity contribution in [2.75, 3.05) is 6.54 Å². The van der Waals surface area contributed by atoms with Crippen molar-refractivity contribution in [2.24, 2.45) is 0 Å². The van der Waals surface area contributed by atoms with E-state index in [-0.39, 0.29) is 5.91 Å². The second kappa shape index (κ2) is 6.32. The number of nitrogens with zero attached hydrogens (tertiary/aromatic N) is 2. The average Bonchev–Trinajstić information content (AvgIpc) is 3.47. The van der Waals surface area contributed by atoms with Gasteiger partial charge in [0.15, 0.2) is 0 Å². The maximum Gasteiger partial charge on any atom is 0.270 e. The third kappa shape index (κ3) is 2.76. The van der Waals surface area contributed by atoms with E-state index in [0.717, 1.165) is 45.3 Å². The van der Waals surface area contributed by atoms with E-state index < -0.39 is 0 Å². The van der Waals surface area contributed by atoms with Gasteiger partial charge in [-0.3, -0.25) is 9.78 Å². The van der Waals surface area contributed by atoms with Gasteiger partial charge in [0.05, 0.1) is 17.4 Å². The molecule has 0 radical (unpaired) electrons. The molecule has 0 aliphatic carbocycles. The van der Waals surface area contributed by atoms with Gasteiger partial charge < -0.3 is 14.9 Å². The standard InChI is InChI=1S/C23H18N4OS/c28-23(20-11-17-5-8-29-22(17)26-20)27-7-4-14-9-15(1-2-18(14)13-27)19-10-16-3-6-24-21(16)12-25-19/h1-3,5-6,8-12,24,26H,4,7,13H2. The molecule has 0 saturated heterocycles.